The van der Waals surface area contributed by atoms with Crippen LogP contribution in [0.2, 0.25) is 0 Å². The molecule has 0 fully saturated rings. The third kappa shape index (κ3) is 3.59. The fraction of sp³-hybridized carbons (Fsp3) is 0.643. The molecule has 0 bridgehead atoms. The van der Waals surface area contributed by atoms with E-state index in [1.807, 2.05) is 13.1 Å². The minimum Gasteiger partial charge on any atom is -0.465 e. The molecular weight excluding hydrogens is 260 g/mol. The van der Waals surface area contributed by atoms with Crippen LogP contribution in [0.15, 0.2) is 12.3 Å². The molecule has 0 unspecified atom stereocenters. The number of hydrogen-bond acceptors (Lipinski definition) is 5. The molecule has 0 aromatic carbocycles. The number of hydrogen-bond donors (Lipinski definition) is 0. The maximum atomic E-state index is 12.1. The van der Waals surface area contributed by atoms with E-state index in [2.05, 4.69) is 5.10 Å². The zero-order valence-electron chi connectivity index (χ0n) is 12.5. The second-order valence-corrected chi connectivity index (χ2v) is 4.72. The zero-order chi connectivity index (χ0) is 15.2. The van der Waals surface area contributed by atoms with Crippen LogP contribution in [0.4, 0.5) is 0 Å². The van der Waals surface area contributed by atoms with E-state index >= 15 is 0 Å². The maximum absolute atomic E-state index is 12.1. The van der Waals surface area contributed by atoms with Gasteiger partial charge in [0.25, 0.3) is 0 Å². The number of esters is 2. The van der Waals surface area contributed by atoms with Crippen LogP contribution in [0.25, 0.3) is 0 Å². The predicted octanol–water partition coefficient (Wildman–Crippen LogP) is 1.49. The molecule has 1 heterocycles. The Bertz CT molecular complexity index is 449. The highest BCUT2D eigenvalue weighted by Crippen LogP contribution is 2.27. The van der Waals surface area contributed by atoms with Crippen LogP contribution in [0, 0.1) is 5.41 Å². The van der Waals surface area contributed by atoms with Gasteiger partial charge in [-0.1, -0.05) is 0 Å². The van der Waals surface area contributed by atoms with Gasteiger partial charge in [0.1, 0.15) is 0 Å². The molecule has 112 valence electrons. The largest absolute Gasteiger partial charge is 0.465 e. The number of carbonyl (C=O) groups is 2. The monoisotopic (exact) mass is 282 g/mol. The second kappa shape index (κ2) is 7.07. The molecule has 1 aromatic heterocycles. The molecule has 1 rings (SSSR count). The van der Waals surface area contributed by atoms with Gasteiger partial charge in [0.15, 0.2) is 5.41 Å². The molecule has 6 nitrogen and oxygen atoms in total. The lowest BCUT2D eigenvalue weighted by Gasteiger charge is -2.24. The van der Waals surface area contributed by atoms with Gasteiger partial charge in [0.05, 0.1) is 13.2 Å². The van der Waals surface area contributed by atoms with E-state index in [0.29, 0.717) is 12.8 Å². The first kappa shape index (κ1) is 16.2. The summed E-state index contributed by atoms with van der Waals surface area (Å²) in [6.07, 6.45) is 2.55. The van der Waals surface area contributed by atoms with E-state index < -0.39 is 17.4 Å². The Balaban J connectivity index is 2.84. The van der Waals surface area contributed by atoms with Gasteiger partial charge in [-0.2, -0.15) is 5.10 Å². The first-order valence-corrected chi connectivity index (χ1v) is 6.77. The van der Waals surface area contributed by atoms with Gasteiger partial charge in [0, 0.05) is 18.9 Å². The summed E-state index contributed by atoms with van der Waals surface area (Å²) in [4.78, 5) is 24.2. The zero-order valence-corrected chi connectivity index (χ0v) is 12.5. The number of aromatic nitrogens is 2. The van der Waals surface area contributed by atoms with Crippen LogP contribution in [-0.2, 0) is 32.5 Å². The predicted molar refractivity (Wildman–Crippen MR) is 72.9 cm³/mol. The van der Waals surface area contributed by atoms with Crippen molar-refractivity contribution in [2.45, 2.75) is 33.6 Å². The molecule has 0 amide bonds. The minimum absolute atomic E-state index is 0.236. The van der Waals surface area contributed by atoms with Crippen molar-refractivity contribution < 1.29 is 19.1 Å². The van der Waals surface area contributed by atoms with Gasteiger partial charge in [-0.05, 0) is 39.7 Å². The molecule has 0 spiro atoms. The summed E-state index contributed by atoms with van der Waals surface area (Å²) in [7, 11) is 1.82. The summed E-state index contributed by atoms with van der Waals surface area (Å²) in [6.45, 7) is 5.47. The highest BCUT2D eigenvalue weighted by molar-refractivity contribution is 5.99. The normalized spacial score (nSPS) is 11.2. The Morgan fingerprint density at radius 2 is 1.80 bits per heavy atom. The number of carbonyl (C=O) groups excluding carboxylic acids is 2. The van der Waals surface area contributed by atoms with Crippen LogP contribution in [0.1, 0.15) is 32.9 Å². The highest BCUT2D eigenvalue weighted by Gasteiger charge is 2.43. The number of aryl methyl sites for hydroxylation is 2. The van der Waals surface area contributed by atoms with E-state index in [9.17, 15) is 9.59 Å². The van der Waals surface area contributed by atoms with Crippen molar-refractivity contribution in [3.8, 4) is 0 Å². The summed E-state index contributed by atoms with van der Waals surface area (Å²) in [5, 5.41) is 4.06. The van der Waals surface area contributed by atoms with E-state index in [4.69, 9.17) is 9.47 Å². The van der Waals surface area contributed by atoms with Crippen molar-refractivity contribution in [1.82, 2.24) is 9.78 Å². The SMILES string of the molecule is CCOC(=O)C(C)(CCc1ccnn1C)C(=O)OCC. The summed E-state index contributed by atoms with van der Waals surface area (Å²) >= 11 is 0. The first-order chi connectivity index (χ1) is 9.45. The smallest absolute Gasteiger partial charge is 0.323 e. The number of nitrogens with zero attached hydrogens (tertiary/aromatic N) is 2. The quantitative estimate of drug-likeness (QED) is 0.559. The van der Waals surface area contributed by atoms with Crippen molar-refractivity contribution in [3.05, 3.63) is 18.0 Å². The lowest BCUT2D eigenvalue weighted by molar-refractivity contribution is -0.171. The lowest BCUT2D eigenvalue weighted by atomic mass is 9.85. The van der Waals surface area contributed by atoms with Crippen molar-refractivity contribution in [2.75, 3.05) is 13.2 Å². The highest BCUT2D eigenvalue weighted by atomic mass is 16.6. The lowest BCUT2D eigenvalue weighted by Crippen LogP contribution is -2.40. The van der Waals surface area contributed by atoms with Crippen LogP contribution in [0.5, 0.6) is 0 Å². The molecule has 0 radical (unpaired) electrons. The fourth-order valence-electron chi connectivity index (χ4n) is 1.89. The Kier molecular flexibility index (Phi) is 5.73. The summed E-state index contributed by atoms with van der Waals surface area (Å²) in [6, 6.07) is 1.86. The van der Waals surface area contributed by atoms with Crippen LogP contribution in [-0.4, -0.2) is 34.9 Å². The average molecular weight is 282 g/mol. The third-order valence-electron chi connectivity index (χ3n) is 3.26. The Morgan fingerprint density at radius 3 is 2.20 bits per heavy atom. The van der Waals surface area contributed by atoms with Gasteiger partial charge in [-0.15, -0.1) is 0 Å². The third-order valence-corrected chi connectivity index (χ3v) is 3.26. The molecular formula is C14H22N2O4. The van der Waals surface area contributed by atoms with Crippen LogP contribution in [0.3, 0.4) is 0 Å². The van der Waals surface area contributed by atoms with Gasteiger partial charge in [-0.3, -0.25) is 14.3 Å². The Morgan fingerprint density at radius 1 is 1.25 bits per heavy atom. The van der Waals surface area contributed by atoms with Crippen molar-refractivity contribution in [2.24, 2.45) is 12.5 Å². The summed E-state index contributed by atoms with van der Waals surface area (Å²) in [5.41, 5.74) is -0.333. The van der Waals surface area contributed by atoms with E-state index in [1.165, 1.54) is 0 Å². The topological polar surface area (TPSA) is 70.4 Å². The van der Waals surface area contributed by atoms with Gasteiger partial charge in [0.2, 0.25) is 0 Å². The maximum Gasteiger partial charge on any atom is 0.323 e. The second-order valence-electron chi connectivity index (χ2n) is 4.72. The van der Waals surface area contributed by atoms with Crippen molar-refractivity contribution >= 4 is 11.9 Å². The van der Waals surface area contributed by atoms with E-state index in [1.54, 1.807) is 31.6 Å². The molecule has 0 saturated carbocycles. The summed E-state index contributed by atoms with van der Waals surface area (Å²) < 4.78 is 11.7. The van der Waals surface area contributed by atoms with Crippen LogP contribution >= 0.6 is 0 Å². The number of rotatable bonds is 7. The molecule has 0 aliphatic heterocycles. The molecule has 0 aliphatic rings. The first-order valence-electron chi connectivity index (χ1n) is 6.77. The molecule has 20 heavy (non-hydrogen) atoms. The molecule has 0 aliphatic carbocycles. The minimum atomic E-state index is -1.28. The molecule has 0 N–H and O–H groups in total. The summed E-state index contributed by atoms with van der Waals surface area (Å²) in [5.74, 6) is -1.08. The van der Waals surface area contributed by atoms with E-state index in [-0.39, 0.29) is 13.2 Å². The Labute approximate surface area is 119 Å². The van der Waals surface area contributed by atoms with Gasteiger partial charge < -0.3 is 9.47 Å². The average Bonchev–Trinajstić information content (AvgIpc) is 2.82. The van der Waals surface area contributed by atoms with Crippen LogP contribution < -0.4 is 0 Å². The fourth-order valence-corrected chi connectivity index (χ4v) is 1.89. The van der Waals surface area contributed by atoms with Crippen molar-refractivity contribution in [1.29, 1.82) is 0 Å². The molecule has 0 atom stereocenters. The van der Waals surface area contributed by atoms with Gasteiger partial charge in [-0.25, -0.2) is 0 Å². The standard InChI is InChI=1S/C14H22N2O4/c1-5-19-12(17)14(3,13(18)20-6-2)9-7-11-8-10-15-16(11)4/h8,10H,5-7,9H2,1-4H3. The Hall–Kier alpha value is -1.85. The van der Waals surface area contributed by atoms with Crippen molar-refractivity contribution in [3.63, 3.8) is 0 Å². The van der Waals surface area contributed by atoms with E-state index in [0.717, 1.165) is 5.69 Å². The molecule has 1 aromatic rings. The van der Waals surface area contributed by atoms with Gasteiger partial charge >= 0.3 is 11.9 Å². The number of ether oxygens (including phenoxy) is 2. The molecule has 6 heteroatoms. The molecule has 0 saturated heterocycles.